The Kier molecular flexibility index (Phi) is 3.95. The third-order valence-corrected chi connectivity index (χ3v) is 8.93. The summed E-state index contributed by atoms with van der Waals surface area (Å²) in [5.41, 5.74) is 4.82. The Morgan fingerprint density at radius 3 is 2.67 bits per heavy atom. The first-order valence-electron chi connectivity index (χ1n) is 10.9. The highest BCUT2D eigenvalue weighted by molar-refractivity contribution is 5.70. The quantitative estimate of drug-likeness (QED) is 0.655. The molecule has 1 heterocycles. The average Bonchev–Trinajstić information content (AvgIpc) is 3.01. The van der Waals surface area contributed by atoms with Gasteiger partial charge in [0.05, 0.1) is 11.8 Å². The maximum absolute atomic E-state index is 10.2. The van der Waals surface area contributed by atoms with Gasteiger partial charge in [-0.1, -0.05) is 44.6 Å². The summed E-state index contributed by atoms with van der Waals surface area (Å²) in [6.07, 6.45) is 13.7. The molecule has 2 nitrogen and oxygen atoms in total. The van der Waals surface area contributed by atoms with Crippen LogP contribution in [0.2, 0.25) is 0 Å². The number of allylic oxidation sites excluding steroid dienone is 3. The molecule has 0 spiro atoms. The second-order valence-corrected chi connectivity index (χ2v) is 10.2. The molecule has 1 aromatic rings. The molecule has 2 heteroatoms. The van der Waals surface area contributed by atoms with Gasteiger partial charge < -0.3 is 5.11 Å². The molecule has 0 bridgehead atoms. The van der Waals surface area contributed by atoms with Crippen LogP contribution in [-0.2, 0) is 0 Å². The van der Waals surface area contributed by atoms with Gasteiger partial charge in [0.1, 0.15) is 0 Å². The first-order valence-corrected chi connectivity index (χ1v) is 10.9. The van der Waals surface area contributed by atoms with Crippen molar-refractivity contribution in [2.75, 3.05) is 0 Å². The second-order valence-electron chi connectivity index (χ2n) is 10.2. The van der Waals surface area contributed by atoms with Crippen molar-refractivity contribution < 1.29 is 5.11 Å². The molecule has 7 atom stereocenters. The van der Waals surface area contributed by atoms with Gasteiger partial charge in [-0.05, 0) is 90.7 Å². The van der Waals surface area contributed by atoms with E-state index in [4.69, 9.17) is 4.98 Å². The van der Waals surface area contributed by atoms with E-state index >= 15 is 0 Å². The minimum absolute atomic E-state index is 0.120. The molecule has 2 fully saturated rings. The molecule has 0 aromatic carbocycles. The molecule has 0 amide bonds. The van der Waals surface area contributed by atoms with Crippen LogP contribution in [0, 0.1) is 34.5 Å². The van der Waals surface area contributed by atoms with Gasteiger partial charge in [0.15, 0.2) is 0 Å². The van der Waals surface area contributed by atoms with Crippen molar-refractivity contribution in [2.24, 2.45) is 34.5 Å². The summed E-state index contributed by atoms with van der Waals surface area (Å²) in [5.74, 6) is 2.87. The van der Waals surface area contributed by atoms with Crippen LogP contribution in [0.3, 0.4) is 0 Å². The van der Waals surface area contributed by atoms with E-state index in [2.05, 4.69) is 45.1 Å². The number of nitrogens with zero attached hydrogens (tertiary/aromatic N) is 1. The average molecular weight is 364 g/mol. The van der Waals surface area contributed by atoms with E-state index in [9.17, 15) is 5.11 Å². The van der Waals surface area contributed by atoms with Crippen LogP contribution >= 0.6 is 0 Å². The molecule has 4 aliphatic rings. The summed E-state index contributed by atoms with van der Waals surface area (Å²) in [7, 11) is 0. The Hall–Kier alpha value is -1.41. The van der Waals surface area contributed by atoms with E-state index in [1.807, 2.05) is 12.3 Å². The fraction of sp³-hybridized carbons (Fsp3) is 0.640. The second kappa shape index (κ2) is 6.04. The van der Waals surface area contributed by atoms with Crippen molar-refractivity contribution in [2.45, 2.75) is 65.4 Å². The third kappa shape index (κ3) is 2.45. The van der Waals surface area contributed by atoms with Crippen molar-refractivity contribution in [3.8, 4) is 0 Å². The van der Waals surface area contributed by atoms with Gasteiger partial charge in [0.2, 0.25) is 0 Å². The van der Waals surface area contributed by atoms with E-state index in [0.29, 0.717) is 11.3 Å². The largest absolute Gasteiger partial charge is 0.393 e. The molecular formula is C25H33NO. The van der Waals surface area contributed by atoms with E-state index in [1.165, 1.54) is 30.5 Å². The predicted octanol–water partition coefficient (Wildman–Crippen LogP) is 5.64. The Labute approximate surface area is 163 Å². The van der Waals surface area contributed by atoms with Gasteiger partial charge in [-0.25, -0.2) is 0 Å². The standard InChI is InChI=1S/C25H33NO/c1-16-14-17-15-18(27)9-11-24(17,2)21-10-12-25(3)19(7-8-20(25)23(16)21)22-6-4-5-13-26-22/h4-7,13-14,16,18,20-21,23,27H,8-12,15H2,1-3H3/t16-,18-,20+,21+,23+,24+,25-/m1/s1. The fourth-order valence-electron chi connectivity index (χ4n) is 7.49. The van der Waals surface area contributed by atoms with E-state index in [-0.39, 0.29) is 11.5 Å². The van der Waals surface area contributed by atoms with Crippen LogP contribution in [0.5, 0.6) is 0 Å². The number of aliphatic hydroxyl groups is 1. The minimum atomic E-state index is -0.120. The maximum atomic E-state index is 10.2. The number of hydrogen-bond donors (Lipinski definition) is 1. The van der Waals surface area contributed by atoms with E-state index in [1.54, 1.807) is 5.57 Å². The topological polar surface area (TPSA) is 33.1 Å². The highest BCUT2D eigenvalue weighted by Gasteiger charge is 2.58. The van der Waals surface area contributed by atoms with Crippen molar-refractivity contribution >= 4 is 5.57 Å². The van der Waals surface area contributed by atoms with Gasteiger partial charge in [-0.2, -0.15) is 0 Å². The highest BCUT2D eigenvalue weighted by Crippen LogP contribution is 2.67. The molecule has 144 valence electrons. The van der Waals surface area contributed by atoms with Crippen molar-refractivity contribution in [1.82, 2.24) is 4.98 Å². The van der Waals surface area contributed by atoms with Gasteiger partial charge in [-0.3, -0.25) is 4.98 Å². The number of aromatic nitrogens is 1. The predicted molar refractivity (Wildman–Crippen MR) is 110 cm³/mol. The smallest absolute Gasteiger partial charge is 0.0664 e. The summed E-state index contributed by atoms with van der Waals surface area (Å²) in [6, 6.07) is 6.33. The van der Waals surface area contributed by atoms with Crippen molar-refractivity contribution in [3.63, 3.8) is 0 Å². The van der Waals surface area contributed by atoms with Crippen LogP contribution in [0.25, 0.3) is 5.57 Å². The lowest BCUT2D eigenvalue weighted by Gasteiger charge is -2.59. The van der Waals surface area contributed by atoms with Crippen molar-refractivity contribution in [3.05, 3.63) is 47.8 Å². The lowest BCUT2D eigenvalue weighted by Crippen LogP contribution is -2.52. The summed E-state index contributed by atoms with van der Waals surface area (Å²) < 4.78 is 0. The molecule has 27 heavy (non-hydrogen) atoms. The number of hydrogen-bond acceptors (Lipinski definition) is 2. The maximum Gasteiger partial charge on any atom is 0.0664 e. The molecule has 1 aromatic heterocycles. The lowest BCUT2D eigenvalue weighted by atomic mass is 9.45. The van der Waals surface area contributed by atoms with Crippen LogP contribution < -0.4 is 0 Å². The first kappa shape index (κ1) is 17.7. The zero-order valence-corrected chi connectivity index (χ0v) is 17.0. The minimum Gasteiger partial charge on any atom is -0.393 e. The zero-order valence-electron chi connectivity index (χ0n) is 17.0. The molecule has 2 saturated carbocycles. The molecule has 5 rings (SSSR count). The fourth-order valence-corrected chi connectivity index (χ4v) is 7.49. The molecule has 0 aliphatic heterocycles. The lowest BCUT2D eigenvalue weighted by molar-refractivity contribution is -0.0426. The Bertz CT molecular complexity index is 796. The number of fused-ring (bicyclic) bond motifs is 5. The van der Waals surface area contributed by atoms with E-state index < -0.39 is 0 Å². The molecular weight excluding hydrogens is 330 g/mol. The summed E-state index contributed by atoms with van der Waals surface area (Å²) in [4.78, 5) is 4.70. The normalized spacial score (nSPS) is 46.0. The summed E-state index contributed by atoms with van der Waals surface area (Å²) >= 11 is 0. The molecule has 0 unspecified atom stereocenters. The Balaban J connectivity index is 1.52. The number of pyridine rings is 1. The summed E-state index contributed by atoms with van der Waals surface area (Å²) in [6.45, 7) is 7.47. The zero-order chi connectivity index (χ0) is 18.8. The molecule has 4 aliphatic carbocycles. The van der Waals surface area contributed by atoms with E-state index in [0.717, 1.165) is 37.0 Å². The van der Waals surface area contributed by atoms with Gasteiger partial charge in [-0.15, -0.1) is 0 Å². The summed E-state index contributed by atoms with van der Waals surface area (Å²) in [5, 5.41) is 10.2. The molecule has 0 saturated heterocycles. The molecule has 1 N–H and O–H groups in total. The molecule has 0 radical (unpaired) electrons. The van der Waals surface area contributed by atoms with Crippen LogP contribution in [0.1, 0.15) is 65.0 Å². The SMILES string of the molecule is C[C@@H]1C=C2C[C@H](O)CC[C@]2(C)[C@H]2CC[C@]3(C)C(c4ccccn4)=CC[C@H]3[C@H]12. The van der Waals surface area contributed by atoms with Gasteiger partial charge in [0, 0.05) is 6.20 Å². The Morgan fingerprint density at radius 1 is 1.07 bits per heavy atom. The highest BCUT2D eigenvalue weighted by atomic mass is 16.3. The van der Waals surface area contributed by atoms with Crippen LogP contribution in [0.15, 0.2) is 42.1 Å². The van der Waals surface area contributed by atoms with Gasteiger partial charge >= 0.3 is 0 Å². The van der Waals surface area contributed by atoms with Gasteiger partial charge in [0.25, 0.3) is 0 Å². The third-order valence-electron chi connectivity index (χ3n) is 8.93. The van der Waals surface area contributed by atoms with Crippen molar-refractivity contribution in [1.29, 1.82) is 0 Å². The van der Waals surface area contributed by atoms with Crippen LogP contribution in [0.4, 0.5) is 0 Å². The Morgan fingerprint density at radius 2 is 1.89 bits per heavy atom. The number of rotatable bonds is 1. The number of aliphatic hydroxyl groups excluding tert-OH is 1. The first-order chi connectivity index (χ1) is 12.9. The monoisotopic (exact) mass is 363 g/mol. The van der Waals surface area contributed by atoms with Crippen LogP contribution in [-0.4, -0.2) is 16.2 Å².